The molecule has 3 aromatic rings. The summed E-state index contributed by atoms with van der Waals surface area (Å²) in [4.78, 5) is 12.5. The minimum Gasteiger partial charge on any atom is -0.497 e. The van der Waals surface area contributed by atoms with Crippen LogP contribution in [0.3, 0.4) is 0 Å². The van der Waals surface area contributed by atoms with Crippen molar-refractivity contribution in [3.8, 4) is 5.75 Å². The summed E-state index contributed by atoms with van der Waals surface area (Å²) >= 11 is 1.48. The first kappa shape index (κ1) is 25.1. The third-order valence-corrected chi connectivity index (χ3v) is 7.45. The van der Waals surface area contributed by atoms with E-state index in [0.717, 1.165) is 41.7 Å². The summed E-state index contributed by atoms with van der Waals surface area (Å²) in [5.41, 5.74) is 3.50. The number of hydrogen-bond donors (Lipinski definition) is 2. The van der Waals surface area contributed by atoms with Gasteiger partial charge < -0.3 is 19.9 Å². The maximum absolute atomic E-state index is 12.5. The summed E-state index contributed by atoms with van der Waals surface area (Å²) in [6.07, 6.45) is 6.80. The molecule has 0 unspecified atom stereocenters. The number of hydrogen-bond acceptors (Lipinski definition) is 6. The van der Waals surface area contributed by atoms with Crippen LogP contribution in [0.15, 0.2) is 53.7 Å². The SMILES string of the molecule is COc1cccc(NCc2nnc(SCC(=O)NCCc3ccccc3C)n2C2CCCCC2)c1. The first-order chi connectivity index (χ1) is 17.1. The molecule has 0 atom stereocenters. The lowest BCUT2D eigenvalue weighted by molar-refractivity contribution is -0.118. The molecule has 0 radical (unpaired) electrons. The van der Waals surface area contributed by atoms with E-state index in [1.807, 2.05) is 36.4 Å². The van der Waals surface area contributed by atoms with Crippen LogP contribution in [0, 0.1) is 6.92 Å². The summed E-state index contributed by atoms with van der Waals surface area (Å²) in [6, 6.07) is 16.6. The maximum atomic E-state index is 12.5. The lowest BCUT2D eigenvalue weighted by atomic mass is 9.95. The summed E-state index contributed by atoms with van der Waals surface area (Å²) < 4.78 is 7.59. The van der Waals surface area contributed by atoms with Crippen molar-refractivity contribution in [2.24, 2.45) is 0 Å². The number of nitrogens with zero attached hydrogens (tertiary/aromatic N) is 3. The Balaban J connectivity index is 1.36. The third-order valence-electron chi connectivity index (χ3n) is 6.51. The van der Waals surface area contributed by atoms with Gasteiger partial charge in [-0.05, 0) is 49.4 Å². The van der Waals surface area contributed by atoms with E-state index in [-0.39, 0.29) is 5.91 Å². The zero-order valence-electron chi connectivity index (χ0n) is 20.6. The van der Waals surface area contributed by atoms with Crippen LogP contribution in [0.25, 0.3) is 0 Å². The monoisotopic (exact) mass is 493 g/mol. The molecule has 0 aliphatic heterocycles. The molecule has 1 saturated carbocycles. The Morgan fingerprint density at radius 2 is 1.94 bits per heavy atom. The van der Waals surface area contributed by atoms with E-state index in [2.05, 4.69) is 44.5 Å². The van der Waals surface area contributed by atoms with E-state index >= 15 is 0 Å². The molecule has 0 spiro atoms. The number of carbonyl (C=O) groups excluding carboxylic acids is 1. The fourth-order valence-electron chi connectivity index (χ4n) is 4.55. The van der Waals surface area contributed by atoms with E-state index in [4.69, 9.17) is 4.74 Å². The second kappa shape index (κ2) is 12.6. The van der Waals surface area contributed by atoms with Gasteiger partial charge in [0.25, 0.3) is 0 Å². The first-order valence-corrected chi connectivity index (χ1v) is 13.4. The van der Waals surface area contributed by atoms with Gasteiger partial charge in [-0.2, -0.15) is 0 Å². The molecular formula is C27H35N5O2S. The van der Waals surface area contributed by atoms with Gasteiger partial charge in [0.15, 0.2) is 11.0 Å². The first-order valence-electron chi connectivity index (χ1n) is 12.4. The number of carbonyl (C=O) groups is 1. The predicted octanol–water partition coefficient (Wildman–Crippen LogP) is 5.16. The minimum absolute atomic E-state index is 0.0258. The van der Waals surface area contributed by atoms with Crippen molar-refractivity contribution >= 4 is 23.4 Å². The minimum atomic E-state index is 0.0258. The van der Waals surface area contributed by atoms with Crippen molar-refractivity contribution in [2.45, 2.75) is 63.2 Å². The van der Waals surface area contributed by atoms with Gasteiger partial charge in [-0.25, -0.2) is 0 Å². The van der Waals surface area contributed by atoms with E-state index in [1.165, 1.54) is 42.2 Å². The average Bonchev–Trinajstić information content (AvgIpc) is 3.31. The van der Waals surface area contributed by atoms with Crippen LogP contribution in [0.5, 0.6) is 5.75 Å². The number of rotatable bonds is 11. The quantitative estimate of drug-likeness (QED) is 0.359. The third kappa shape index (κ3) is 7.01. The number of aromatic nitrogens is 3. The van der Waals surface area contributed by atoms with E-state index in [0.29, 0.717) is 24.9 Å². The topological polar surface area (TPSA) is 81.1 Å². The second-order valence-corrected chi connectivity index (χ2v) is 9.90. The van der Waals surface area contributed by atoms with Crippen LogP contribution in [0.2, 0.25) is 0 Å². The number of anilines is 1. The molecule has 0 bridgehead atoms. The lowest BCUT2D eigenvalue weighted by Crippen LogP contribution is -2.27. The van der Waals surface area contributed by atoms with Crippen molar-refractivity contribution in [1.29, 1.82) is 0 Å². The highest BCUT2D eigenvalue weighted by molar-refractivity contribution is 7.99. The predicted molar refractivity (Wildman–Crippen MR) is 141 cm³/mol. The van der Waals surface area contributed by atoms with Gasteiger partial charge in [0.2, 0.25) is 5.91 Å². The highest BCUT2D eigenvalue weighted by atomic mass is 32.2. The average molecular weight is 494 g/mol. The van der Waals surface area contributed by atoms with Gasteiger partial charge >= 0.3 is 0 Å². The Labute approximate surface area is 212 Å². The van der Waals surface area contributed by atoms with Crippen molar-refractivity contribution < 1.29 is 9.53 Å². The number of aryl methyl sites for hydroxylation is 1. The van der Waals surface area contributed by atoms with Gasteiger partial charge in [-0.3, -0.25) is 4.79 Å². The van der Waals surface area contributed by atoms with Crippen molar-refractivity contribution in [1.82, 2.24) is 20.1 Å². The number of thioether (sulfide) groups is 1. The van der Waals surface area contributed by atoms with Crippen LogP contribution in [-0.2, 0) is 17.8 Å². The molecule has 1 amide bonds. The Kier molecular flexibility index (Phi) is 9.06. The van der Waals surface area contributed by atoms with Gasteiger partial charge in [0.05, 0.1) is 19.4 Å². The molecule has 1 aromatic heterocycles. The molecule has 1 aliphatic rings. The fraction of sp³-hybridized carbons (Fsp3) is 0.444. The van der Waals surface area contributed by atoms with E-state index in [9.17, 15) is 4.79 Å². The van der Waals surface area contributed by atoms with Gasteiger partial charge in [0, 0.05) is 24.3 Å². The van der Waals surface area contributed by atoms with Gasteiger partial charge in [-0.15, -0.1) is 10.2 Å². The molecule has 35 heavy (non-hydrogen) atoms. The molecule has 186 valence electrons. The number of nitrogens with one attached hydrogen (secondary N) is 2. The molecular weight excluding hydrogens is 458 g/mol. The Morgan fingerprint density at radius 1 is 1.11 bits per heavy atom. The molecule has 2 N–H and O–H groups in total. The van der Waals surface area contributed by atoms with Crippen LogP contribution < -0.4 is 15.4 Å². The molecule has 1 heterocycles. The summed E-state index contributed by atoms with van der Waals surface area (Å²) in [7, 11) is 1.67. The Hall–Kier alpha value is -3.00. The van der Waals surface area contributed by atoms with Crippen molar-refractivity contribution in [3.05, 3.63) is 65.5 Å². The van der Waals surface area contributed by atoms with Crippen LogP contribution >= 0.6 is 11.8 Å². The second-order valence-electron chi connectivity index (χ2n) is 8.96. The molecule has 0 saturated heterocycles. The van der Waals surface area contributed by atoms with Crippen molar-refractivity contribution in [2.75, 3.05) is 24.7 Å². The number of methoxy groups -OCH3 is 1. The standard InChI is InChI=1S/C27H35N5O2S/c1-20-9-6-7-10-21(20)15-16-28-26(33)19-35-27-31-30-25(32(27)23-12-4-3-5-13-23)18-29-22-11-8-14-24(17-22)34-2/h6-11,14,17,23,29H,3-5,12-13,15-16,18-19H2,1-2H3,(H,28,33). The molecule has 4 rings (SSSR count). The fourth-order valence-corrected chi connectivity index (χ4v) is 5.41. The Morgan fingerprint density at radius 3 is 2.74 bits per heavy atom. The highest BCUT2D eigenvalue weighted by Crippen LogP contribution is 2.33. The number of benzene rings is 2. The highest BCUT2D eigenvalue weighted by Gasteiger charge is 2.23. The zero-order chi connectivity index (χ0) is 24.5. The van der Waals surface area contributed by atoms with Crippen LogP contribution in [0.1, 0.15) is 55.1 Å². The summed E-state index contributed by atoms with van der Waals surface area (Å²) in [5.74, 6) is 2.08. The summed E-state index contributed by atoms with van der Waals surface area (Å²) in [6.45, 7) is 3.31. The van der Waals surface area contributed by atoms with E-state index < -0.39 is 0 Å². The van der Waals surface area contributed by atoms with E-state index in [1.54, 1.807) is 7.11 Å². The van der Waals surface area contributed by atoms with Crippen LogP contribution in [0.4, 0.5) is 5.69 Å². The lowest BCUT2D eigenvalue weighted by Gasteiger charge is -2.25. The number of ether oxygens (including phenoxy) is 1. The molecule has 8 heteroatoms. The molecule has 2 aromatic carbocycles. The van der Waals surface area contributed by atoms with Crippen molar-refractivity contribution in [3.63, 3.8) is 0 Å². The Bertz CT molecular complexity index is 1110. The zero-order valence-corrected chi connectivity index (χ0v) is 21.4. The molecule has 1 aliphatic carbocycles. The smallest absolute Gasteiger partial charge is 0.230 e. The van der Waals surface area contributed by atoms with Gasteiger partial charge in [-0.1, -0.05) is 61.4 Å². The molecule has 7 nitrogen and oxygen atoms in total. The summed E-state index contributed by atoms with van der Waals surface area (Å²) in [5, 5.41) is 16.3. The normalized spacial score (nSPS) is 14.0. The van der Waals surface area contributed by atoms with Crippen LogP contribution in [-0.4, -0.2) is 40.1 Å². The molecule has 1 fully saturated rings. The maximum Gasteiger partial charge on any atom is 0.230 e. The largest absolute Gasteiger partial charge is 0.497 e. The number of amides is 1. The van der Waals surface area contributed by atoms with Gasteiger partial charge in [0.1, 0.15) is 5.75 Å².